The summed E-state index contributed by atoms with van der Waals surface area (Å²) in [6, 6.07) is -0.00759. The topological polar surface area (TPSA) is 46.2 Å². The Balaban J connectivity index is 3.51. The molecule has 0 bridgehead atoms. The summed E-state index contributed by atoms with van der Waals surface area (Å²) >= 11 is 0. The minimum Gasteiger partial charge on any atom is -0.395 e. The number of unbranched alkanes of at least 4 members (excludes halogenated alkanes) is 1. The molecule has 0 fully saturated rings. The molecule has 2 nitrogen and oxygen atoms in total. The molecule has 0 aromatic heterocycles. The second-order valence-electron chi connectivity index (χ2n) is 3.59. The molecule has 2 unspecified atom stereocenters. The Morgan fingerprint density at radius 1 is 1.33 bits per heavy atom. The number of rotatable bonds is 7. The molecule has 2 heteroatoms. The zero-order chi connectivity index (χ0) is 9.40. The minimum absolute atomic E-state index is 0.00759. The lowest BCUT2D eigenvalue weighted by Crippen LogP contribution is -2.27. The monoisotopic (exact) mass is 173 g/mol. The van der Waals surface area contributed by atoms with Crippen LogP contribution in [0.15, 0.2) is 0 Å². The normalized spacial score (nSPS) is 16.0. The van der Waals surface area contributed by atoms with E-state index in [1.807, 2.05) is 0 Å². The minimum atomic E-state index is -0.00759. The summed E-state index contributed by atoms with van der Waals surface area (Å²) in [6.45, 7) is 4.53. The third-order valence-electron chi connectivity index (χ3n) is 2.41. The van der Waals surface area contributed by atoms with Crippen molar-refractivity contribution in [2.75, 3.05) is 6.61 Å². The van der Waals surface area contributed by atoms with Crippen LogP contribution in [0.2, 0.25) is 0 Å². The molecule has 74 valence electrons. The molecule has 0 heterocycles. The second kappa shape index (κ2) is 7.56. The Bertz CT molecular complexity index is 95.8. The summed E-state index contributed by atoms with van der Waals surface area (Å²) in [5.41, 5.74) is 5.67. The summed E-state index contributed by atoms with van der Waals surface area (Å²) in [6.07, 6.45) is 5.98. The zero-order valence-corrected chi connectivity index (χ0v) is 8.42. The van der Waals surface area contributed by atoms with Gasteiger partial charge >= 0.3 is 0 Å². The van der Waals surface area contributed by atoms with Gasteiger partial charge in [-0.05, 0) is 12.3 Å². The van der Waals surface area contributed by atoms with Gasteiger partial charge in [-0.2, -0.15) is 0 Å². The Hall–Kier alpha value is -0.0800. The predicted molar refractivity (Wildman–Crippen MR) is 53.0 cm³/mol. The lowest BCUT2D eigenvalue weighted by atomic mass is 9.93. The van der Waals surface area contributed by atoms with E-state index >= 15 is 0 Å². The summed E-state index contributed by atoms with van der Waals surface area (Å²) < 4.78 is 0. The molecule has 0 aromatic carbocycles. The van der Waals surface area contributed by atoms with Gasteiger partial charge in [0.05, 0.1) is 6.61 Å². The van der Waals surface area contributed by atoms with Crippen LogP contribution in [0, 0.1) is 5.92 Å². The highest BCUT2D eigenvalue weighted by Crippen LogP contribution is 2.17. The molecule has 0 aliphatic heterocycles. The van der Waals surface area contributed by atoms with E-state index in [-0.39, 0.29) is 12.6 Å². The molecule has 3 N–H and O–H groups in total. The van der Waals surface area contributed by atoms with Gasteiger partial charge in [-0.1, -0.05) is 39.5 Å². The lowest BCUT2D eigenvalue weighted by Gasteiger charge is -2.17. The van der Waals surface area contributed by atoms with Gasteiger partial charge in [0.25, 0.3) is 0 Å². The van der Waals surface area contributed by atoms with E-state index in [4.69, 9.17) is 10.8 Å². The van der Waals surface area contributed by atoms with E-state index in [9.17, 15) is 0 Å². The van der Waals surface area contributed by atoms with Crippen LogP contribution in [0.25, 0.3) is 0 Å². The van der Waals surface area contributed by atoms with Crippen molar-refractivity contribution < 1.29 is 5.11 Å². The Morgan fingerprint density at radius 3 is 2.42 bits per heavy atom. The highest BCUT2D eigenvalue weighted by molar-refractivity contribution is 4.66. The second-order valence-corrected chi connectivity index (χ2v) is 3.59. The smallest absolute Gasteiger partial charge is 0.0582 e. The van der Waals surface area contributed by atoms with Crippen molar-refractivity contribution in [2.24, 2.45) is 11.7 Å². The quantitative estimate of drug-likeness (QED) is 0.618. The first-order valence-electron chi connectivity index (χ1n) is 5.11. The molecule has 12 heavy (non-hydrogen) atoms. The number of aliphatic hydroxyl groups excluding tert-OH is 1. The van der Waals surface area contributed by atoms with E-state index in [1.165, 1.54) is 25.7 Å². The molecule has 0 aromatic rings. The van der Waals surface area contributed by atoms with Crippen LogP contribution >= 0.6 is 0 Å². The first kappa shape index (κ1) is 11.9. The van der Waals surface area contributed by atoms with Crippen LogP contribution in [0.5, 0.6) is 0 Å². The summed E-state index contributed by atoms with van der Waals surface area (Å²) in [5, 5.41) is 8.78. The number of nitrogens with two attached hydrogens (primary N) is 1. The van der Waals surface area contributed by atoms with Crippen molar-refractivity contribution in [1.82, 2.24) is 0 Å². The van der Waals surface area contributed by atoms with Crippen molar-refractivity contribution in [2.45, 2.75) is 52.0 Å². The molecule has 0 aliphatic rings. The third-order valence-corrected chi connectivity index (χ3v) is 2.41. The van der Waals surface area contributed by atoms with Crippen LogP contribution in [-0.2, 0) is 0 Å². The fourth-order valence-electron chi connectivity index (χ4n) is 1.48. The molecular formula is C10H23NO. The van der Waals surface area contributed by atoms with Crippen LogP contribution in [-0.4, -0.2) is 17.8 Å². The van der Waals surface area contributed by atoms with Gasteiger partial charge in [0, 0.05) is 6.04 Å². The van der Waals surface area contributed by atoms with Crippen LogP contribution in [0.1, 0.15) is 46.0 Å². The fraction of sp³-hybridized carbons (Fsp3) is 1.00. The number of hydrogen-bond donors (Lipinski definition) is 2. The van der Waals surface area contributed by atoms with Gasteiger partial charge in [0.1, 0.15) is 0 Å². The third kappa shape index (κ3) is 5.56. The standard InChI is InChI=1S/C10H23NO/c1-3-5-6-9(4-2)7-10(11)8-12/h9-10,12H,3-8,11H2,1-2H3. The number of aliphatic hydroxyl groups is 1. The molecule has 0 saturated carbocycles. The van der Waals surface area contributed by atoms with Crippen LogP contribution in [0.4, 0.5) is 0 Å². The molecule has 2 atom stereocenters. The molecule has 0 spiro atoms. The highest BCUT2D eigenvalue weighted by atomic mass is 16.3. The van der Waals surface area contributed by atoms with Gasteiger partial charge in [0.15, 0.2) is 0 Å². The maximum Gasteiger partial charge on any atom is 0.0582 e. The summed E-state index contributed by atoms with van der Waals surface area (Å²) in [5.74, 6) is 0.715. The van der Waals surface area contributed by atoms with Gasteiger partial charge in [-0.25, -0.2) is 0 Å². The van der Waals surface area contributed by atoms with Crippen LogP contribution < -0.4 is 5.73 Å². The number of hydrogen-bond acceptors (Lipinski definition) is 2. The van der Waals surface area contributed by atoms with Crippen LogP contribution in [0.3, 0.4) is 0 Å². The first-order chi connectivity index (χ1) is 5.74. The molecule has 0 rings (SSSR count). The van der Waals surface area contributed by atoms with Crippen molar-refractivity contribution in [1.29, 1.82) is 0 Å². The zero-order valence-electron chi connectivity index (χ0n) is 8.42. The van der Waals surface area contributed by atoms with E-state index in [0.717, 1.165) is 6.42 Å². The van der Waals surface area contributed by atoms with Gasteiger partial charge in [-0.3, -0.25) is 0 Å². The molecular weight excluding hydrogens is 150 g/mol. The largest absolute Gasteiger partial charge is 0.395 e. The van der Waals surface area contributed by atoms with E-state index in [2.05, 4.69) is 13.8 Å². The Morgan fingerprint density at radius 2 is 2.00 bits per heavy atom. The SMILES string of the molecule is CCCCC(CC)CC(N)CO. The highest BCUT2D eigenvalue weighted by Gasteiger charge is 2.10. The van der Waals surface area contributed by atoms with E-state index < -0.39 is 0 Å². The summed E-state index contributed by atoms with van der Waals surface area (Å²) in [7, 11) is 0. The lowest BCUT2D eigenvalue weighted by molar-refractivity contribution is 0.239. The predicted octanol–water partition coefficient (Wildman–Crippen LogP) is 1.91. The van der Waals surface area contributed by atoms with Gasteiger partial charge in [0.2, 0.25) is 0 Å². The maximum atomic E-state index is 8.78. The Labute approximate surface area is 76.2 Å². The average Bonchev–Trinajstić information content (AvgIpc) is 2.11. The molecule has 0 saturated heterocycles. The summed E-state index contributed by atoms with van der Waals surface area (Å²) in [4.78, 5) is 0. The fourth-order valence-corrected chi connectivity index (χ4v) is 1.48. The molecule has 0 amide bonds. The van der Waals surface area contributed by atoms with Gasteiger partial charge < -0.3 is 10.8 Å². The van der Waals surface area contributed by atoms with Gasteiger partial charge in [-0.15, -0.1) is 0 Å². The van der Waals surface area contributed by atoms with E-state index in [0.29, 0.717) is 5.92 Å². The van der Waals surface area contributed by atoms with Crippen molar-refractivity contribution in [3.63, 3.8) is 0 Å². The average molecular weight is 173 g/mol. The van der Waals surface area contributed by atoms with Crippen molar-refractivity contribution in [3.05, 3.63) is 0 Å². The molecule has 0 aliphatic carbocycles. The Kier molecular flexibility index (Phi) is 7.51. The maximum absolute atomic E-state index is 8.78. The van der Waals surface area contributed by atoms with E-state index in [1.54, 1.807) is 0 Å². The van der Waals surface area contributed by atoms with Crippen molar-refractivity contribution >= 4 is 0 Å². The molecule has 0 radical (unpaired) electrons. The van der Waals surface area contributed by atoms with Crippen molar-refractivity contribution in [3.8, 4) is 0 Å². The first-order valence-corrected chi connectivity index (χ1v) is 5.11.